The Hall–Kier alpha value is -1.14. The molecule has 1 unspecified atom stereocenters. The molecule has 0 aromatic heterocycles. The Morgan fingerprint density at radius 2 is 1.78 bits per heavy atom. The summed E-state index contributed by atoms with van der Waals surface area (Å²) in [4.78, 5) is 22.0. The Labute approximate surface area is 107 Å². The molecule has 0 saturated heterocycles. The first-order chi connectivity index (χ1) is 8.43. The molecule has 0 aromatic rings. The van der Waals surface area contributed by atoms with E-state index in [0.717, 1.165) is 25.7 Å². The lowest BCUT2D eigenvalue weighted by Gasteiger charge is -2.27. The summed E-state index contributed by atoms with van der Waals surface area (Å²) < 4.78 is 0. The van der Waals surface area contributed by atoms with Crippen LogP contribution in [0.3, 0.4) is 0 Å². The summed E-state index contributed by atoms with van der Waals surface area (Å²) in [5, 5.41) is 21.4. The lowest BCUT2D eigenvalue weighted by Crippen LogP contribution is -2.48. The number of amides is 1. The van der Waals surface area contributed by atoms with E-state index in [-0.39, 0.29) is 6.54 Å². The van der Waals surface area contributed by atoms with Crippen molar-refractivity contribution < 1.29 is 19.8 Å². The van der Waals surface area contributed by atoms with Gasteiger partial charge in [-0.15, -0.1) is 0 Å². The smallest absolute Gasteiger partial charge is 0.305 e. The van der Waals surface area contributed by atoms with Crippen LogP contribution in [0.15, 0.2) is 0 Å². The molecular weight excluding hydrogens is 236 g/mol. The van der Waals surface area contributed by atoms with Crippen LogP contribution in [0.5, 0.6) is 0 Å². The minimum atomic E-state index is -1.11. The quantitative estimate of drug-likeness (QED) is 0.518. The van der Waals surface area contributed by atoms with Gasteiger partial charge in [-0.05, 0) is 12.8 Å². The second-order valence-corrected chi connectivity index (χ2v) is 5.06. The molecule has 1 aliphatic rings. The van der Waals surface area contributed by atoms with Gasteiger partial charge >= 0.3 is 5.97 Å². The Bertz CT molecular complexity index is 298. The molecule has 0 heterocycles. The van der Waals surface area contributed by atoms with E-state index in [1.54, 1.807) is 0 Å². The molecule has 1 amide bonds. The van der Waals surface area contributed by atoms with E-state index in [4.69, 9.17) is 10.8 Å². The second-order valence-electron chi connectivity index (χ2n) is 5.06. The molecule has 1 aliphatic carbocycles. The molecular formula is C12H22N2O4. The highest BCUT2D eigenvalue weighted by molar-refractivity contribution is 5.85. The predicted octanol–water partition coefficient (Wildman–Crippen LogP) is -0.0101. The number of rotatable bonds is 5. The van der Waals surface area contributed by atoms with Crippen LogP contribution in [0, 0.1) is 0 Å². The van der Waals surface area contributed by atoms with Gasteiger partial charge in [0, 0.05) is 6.54 Å². The summed E-state index contributed by atoms with van der Waals surface area (Å²) in [6.45, 7) is 0.152. The first kappa shape index (κ1) is 14.9. The van der Waals surface area contributed by atoms with Crippen molar-refractivity contribution in [2.24, 2.45) is 5.73 Å². The molecule has 6 heteroatoms. The van der Waals surface area contributed by atoms with Gasteiger partial charge in [-0.3, -0.25) is 9.59 Å². The molecule has 1 rings (SSSR count). The molecule has 0 spiro atoms. The minimum Gasteiger partial charge on any atom is -0.481 e. The maximum atomic E-state index is 11.5. The third-order valence-electron chi connectivity index (χ3n) is 3.36. The highest BCUT2D eigenvalue weighted by Gasteiger charge is 2.29. The average Bonchev–Trinajstić information content (AvgIpc) is 2.51. The van der Waals surface area contributed by atoms with Crippen LogP contribution in [0.2, 0.25) is 0 Å². The number of nitrogens with two attached hydrogens (primary N) is 1. The number of aliphatic hydroxyl groups is 1. The van der Waals surface area contributed by atoms with Crippen LogP contribution in [0.25, 0.3) is 0 Å². The van der Waals surface area contributed by atoms with Crippen molar-refractivity contribution >= 4 is 11.9 Å². The standard InChI is InChI=1S/C12H22N2O4/c13-9(7-10(15)16)11(17)14-8-12(18)5-3-1-2-4-6-12/h9,18H,1-8,13H2,(H,14,17)(H,15,16). The highest BCUT2D eigenvalue weighted by atomic mass is 16.4. The molecule has 1 saturated carbocycles. The molecule has 0 aliphatic heterocycles. The van der Waals surface area contributed by atoms with E-state index >= 15 is 0 Å². The number of hydrogen-bond acceptors (Lipinski definition) is 4. The van der Waals surface area contributed by atoms with Gasteiger partial charge in [0.1, 0.15) is 0 Å². The third-order valence-corrected chi connectivity index (χ3v) is 3.36. The maximum Gasteiger partial charge on any atom is 0.305 e. The van der Waals surface area contributed by atoms with Crippen molar-refractivity contribution in [3.05, 3.63) is 0 Å². The Morgan fingerprint density at radius 1 is 1.22 bits per heavy atom. The third kappa shape index (κ3) is 5.01. The number of carbonyl (C=O) groups excluding carboxylic acids is 1. The zero-order valence-electron chi connectivity index (χ0n) is 10.5. The summed E-state index contributed by atoms with van der Waals surface area (Å²) in [7, 11) is 0. The molecule has 18 heavy (non-hydrogen) atoms. The van der Waals surface area contributed by atoms with Crippen molar-refractivity contribution in [1.82, 2.24) is 5.32 Å². The highest BCUT2D eigenvalue weighted by Crippen LogP contribution is 2.26. The summed E-state index contributed by atoms with van der Waals surface area (Å²) >= 11 is 0. The van der Waals surface area contributed by atoms with Crippen LogP contribution in [0.4, 0.5) is 0 Å². The normalized spacial score (nSPS) is 20.8. The van der Waals surface area contributed by atoms with Crippen molar-refractivity contribution in [1.29, 1.82) is 0 Å². The topological polar surface area (TPSA) is 113 Å². The molecule has 1 fully saturated rings. The Kier molecular flexibility index (Phi) is 5.55. The van der Waals surface area contributed by atoms with Crippen molar-refractivity contribution in [3.63, 3.8) is 0 Å². The van der Waals surface area contributed by atoms with Gasteiger partial charge in [0.05, 0.1) is 18.1 Å². The van der Waals surface area contributed by atoms with E-state index in [9.17, 15) is 14.7 Å². The number of carboxylic acid groups (broad SMARTS) is 1. The summed E-state index contributed by atoms with van der Waals surface area (Å²) in [5.74, 6) is -1.62. The van der Waals surface area contributed by atoms with Gasteiger partial charge in [-0.2, -0.15) is 0 Å². The lowest BCUT2D eigenvalue weighted by molar-refractivity contribution is -0.139. The van der Waals surface area contributed by atoms with Gasteiger partial charge in [-0.25, -0.2) is 0 Å². The van der Waals surface area contributed by atoms with Crippen LogP contribution in [-0.2, 0) is 9.59 Å². The molecule has 5 N–H and O–H groups in total. The molecule has 0 radical (unpaired) electrons. The fourth-order valence-electron chi connectivity index (χ4n) is 2.23. The number of hydrogen-bond donors (Lipinski definition) is 4. The number of aliphatic carboxylic acids is 1. The lowest BCUT2D eigenvalue weighted by atomic mass is 9.94. The number of nitrogens with one attached hydrogen (secondary N) is 1. The van der Waals surface area contributed by atoms with Crippen LogP contribution in [-0.4, -0.2) is 40.3 Å². The van der Waals surface area contributed by atoms with Gasteiger partial charge in [0.25, 0.3) is 0 Å². The first-order valence-corrected chi connectivity index (χ1v) is 6.40. The monoisotopic (exact) mass is 258 g/mol. The van der Waals surface area contributed by atoms with Crippen LogP contribution < -0.4 is 11.1 Å². The van der Waals surface area contributed by atoms with E-state index < -0.39 is 29.9 Å². The van der Waals surface area contributed by atoms with E-state index in [2.05, 4.69) is 5.32 Å². The van der Waals surface area contributed by atoms with Crippen molar-refractivity contribution in [3.8, 4) is 0 Å². The summed E-state index contributed by atoms with van der Waals surface area (Å²) in [6, 6.07) is -1.06. The molecule has 6 nitrogen and oxygen atoms in total. The number of carbonyl (C=O) groups is 2. The average molecular weight is 258 g/mol. The second kappa shape index (κ2) is 6.70. The Morgan fingerprint density at radius 3 is 2.28 bits per heavy atom. The molecule has 104 valence electrons. The first-order valence-electron chi connectivity index (χ1n) is 6.40. The molecule has 1 atom stereocenters. The summed E-state index contributed by atoms with van der Waals surface area (Å²) in [5.41, 5.74) is 4.57. The van der Waals surface area contributed by atoms with Gasteiger partial charge in [-0.1, -0.05) is 25.7 Å². The maximum absolute atomic E-state index is 11.5. The zero-order valence-corrected chi connectivity index (χ0v) is 10.5. The van der Waals surface area contributed by atoms with Crippen molar-refractivity contribution in [2.45, 2.75) is 56.6 Å². The molecule has 0 aromatic carbocycles. The number of carboxylic acids is 1. The van der Waals surface area contributed by atoms with Gasteiger partial charge in [0.15, 0.2) is 0 Å². The van der Waals surface area contributed by atoms with E-state index in [1.807, 2.05) is 0 Å². The molecule has 0 bridgehead atoms. The summed E-state index contributed by atoms with van der Waals surface area (Å²) in [6.07, 6.45) is 5.05. The minimum absolute atomic E-state index is 0.152. The zero-order chi connectivity index (χ0) is 13.6. The van der Waals surface area contributed by atoms with Gasteiger partial charge in [0.2, 0.25) is 5.91 Å². The van der Waals surface area contributed by atoms with Gasteiger partial charge < -0.3 is 21.3 Å². The largest absolute Gasteiger partial charge is 0.481 e. The van der Waals surface area contributed by atoms with Crippen LogP contribution >= 0.6 is 0 Å². The SMILES string of the molecule is NC(CC(=O)O)C(=O)NCC1(O)CCCCCC1. The predicted molar refractivity (Wildman–Crippen MR) is 65.9 cm³/mol. The van der Waals surface area contributed by atoms with E-state index in [1.165, 1.54) is 0 Å². The van der Waals surface area contributed by atoms with E-state index in [0.29, 0.717) is 12.8 Å². The van der Waals surface area contributed by atoms with Crippen molar-refractivity contribution in [2.75, 3.05) is 6.54 Å². The fourth-order valence-corrected chi connectivity index (χ4v) is 2.23. The fraction of sp³-hybridized carbons (Fsp3) is 0.833. The van der Waals surface area contributed by atoms with Crippen LogP contribution in [0.1, 0.15) is 44.9 Å². The Balaban J connectivity index is 2.38.